The maximum Gasteiger partial charge on any atom is 0.124 e. The van der Waals surface area contributed by atoms with Gasteiger partial charge in [0.2, 0.25) is 0 Å². The number of hydrogen-bond acceptors (Lipinski definition) is 2. The normalized spacial score (nSPS) is 10.4. The first-order valence-corrected chi connectivity index (χ1v) is 3.95. The van der Waals surface area contributed by atoms with Gasteiger partial charge in [0.05, 0.1) is 5.52 Å². The van der Waals surface area contributed by atoms with E-state index in [1.807, 2.05) is 18.2 Å². The highest BCUT2D eigenvalue weighted by atomic mass is 35.5. The first-order chi connectivity index (χ1) is 5.75. The third kappa shape index (κ3) is 1.21. The molecule has 0 atom stereocenters. The van der Waals surface area contributed by atoms with E-state index in [9.17, 15) is 0 Å². The van der Waals surface area contributed by atoms with Crippen LogP contribution in [0.5, 0.6) is 0 Å². The third-order valence-electron chi connectivity index (χ3n) is 1.67. The molecule has 0 radical (unpaired) electrons. The number of rotatable bonds is 0. The lowest BCUT2D eigenvalue weighted by Gasteiger charge is -1.97. The lowest BCUT2D eigenvalue weighted by molar-refractivity contribution is 1.42. The Hall–Kier alpha value is -1.28. The van der Waals surface area contributed by atoms with E-state index in [-0.39, 0.29) is 0 Å². The fourth-order valence-electron chi connectivity index (χ4n) is 1.11. The van der Waals surface area contributed by atoms with Gasteiger partial charge in [-0.2, -0.15) is 0 Å². The molecule has 0 spiro atoms. The molecule has 0 aliphatic carbocycles. The lowest BCUT2D eigenvalue weighted by Crippen LogP contribution is -1.88. The topological polar surface area (TPSA) is 38.9 Å². The number of pyridine rings is 1. The summed E-state index contributed by atoms with van der Waals surface area (Å²) in [7, 11) is 0. The molecule has 0 unspecified atom stereocenters. The molecule has 0 saturated heterocycles. The maximum atomic E-state index is 5.80. The van der Waals surface area contributed by atoms with E-state index >= 15 is 0 Å². The molecule has 2 N–H and O–H groups in total. The van der Waals surface area contributed by atoms with E-state index in [1.165, 1.54) is 0 Å². The van der Waals surface area contributed by atoms with Crippen molar-refractivity contribution < 1.29 is 0 Å². The summed E-state index contributed by atoms with van der Waals surface area (Å²) >= 11 is 5.80. The van der Waals surface area contributed by atoms with Crippen LogP contribution in [0.1, 0.15) is 0 Å². The van der Waals surface area contributed by atoms with Gasteiger partial charge in [0.1, 0.15) is 5.82 Å². The van der Waals surface area contributed by atoms with Crippen molar-refractivity contribution in [2.24, 2.45) is 0 Å². The highest BCUT2D eigenvalue weighted by molar-refractivity contribution is 6.31. The van der Waals surface area contributed by atoms with E-state index in [4.69, 9.17) is 17.3 Å². The molecular formula is C9H7ClN2. The van der Waals surface area contributed by atoms with Crippen molar-refractivity contribution in [2.75, 3.05) is 5.73 Å². The van der Waals surface area contributed by atoms with Crippen LogP contribution in [0.15, 0.2) is 30.3 Å². The number of hydrogen-bond donors (Lipinski definition) is 1. The summed E-state index contributed by atoms with van der Waals surface area (Å²) in [5.41, 5.74) is 6.39. The minimum atomic E-state index is 0.532. The minimum Gasteiger partial charge on any atom is -0.384 e. The second-order valence-corrected chi connectivity index (χ2v) is 3.01. The second kappa shape index (κ2) is 2.64. The predicted molar refractivity (Wildman–Crippen MR) is 51.2 cm³/mol. The van der Waals surface area contributed by atoms with Crippen molar-refractivity contribution in [3.05, 3.63) is 35.4 Å². The van der Waals surface area contributed by atoms with Crippen LogP contribution in [0.25, 0.3) is 10.9 Å². The van der Waals surface area contributed by atoms with Crippen LogP contribution in [0.3, 0.4) is 0 Å². The summed E-state index contributed by atoms with van der Waals surface area (Å²) in [6.45, 7) is 0. The van der Waals surface area contributed by atoms with Gasteiger partial charge >= 0.3 is 0 Å². The van der Waals surface area contributed by atoms with Crippen LogP contribution >= 0.6 is 11.6 Å². The number of aromatic nitrogens is 1. The zero-order valence-electron chi connectivity index (χ0n) is 6.29. The SMILES string of the molecule is Nc1ccc2cc(Cl)ccc2n1. The molecule has 0 fully saturated rings. The van der Waals surface area contributed by atoms with Gasteiger partial charge < -0.3 is 5.73 Å². The predicted octanol–water partition coefficient (Wildman–Crippen LogP) is 2.47. The molecule has 12 heavy (non-hydrogen) atoms. The fourth-order valence-corrected chi connectivity index (χ4v) is 1.29. The van der Waals surface area contributed by atoms with Crippen molar-refractivity contribution >= 4 is 28.3 Å². The summed E-state index contributed by atoms with van der Waals surface area (Å²) < 4.78 is 0. The molecule has 0 bridgehead atoms. The Bertz CT molecular complexity index is 385. The van der Waals surface area contributed by atoms with Crippen molar-refractivity contribution in [1.82, 2.24) is 4.98 Å². The van der Waals surface area contributed by atoms with Gasteiger partial charge in [0.15, 0.2) is 0 Å². The molecular weight excluding hydrogens is 172 g/mol. The number of nitrogens with zero attached hydrogens (tertiary/aromatic N) is 1. The molecule has 0 aliphatic heterocycles. The van der Waals surface area contributed by atoms with Crippen molar-refractivity contribution in [3.63, 3.8) is 0 Å². The van der Waals surface area contributed by atoms with Crippen LogP contribution in [0.4, 0.5) is 5.82 Å². The van der Waals surface area contributed by atoms with Gasteiger partial charge in [-0.1, -0.05) is 11.6 Å². The average molecular weight is 179 g/mol. The largest absolute Gasteiger partial charge is 0.384 e. The molecule has 2 rings (SSSR count). The van der Waals surface area contributed by atoms with E-state index < -0.39 is 0 Å². The van der Waals surface area contributed by atoms with Crippen LogP contribution in [0.2, 0.25) is 5.02 Å². The molecule has 0 amide bonds. The summed E-state index contributed by atoms with van der Waals surface area (Å²) in [5.74, 6) is 0.532. The fraction of sp³-hybridized carbons (Fsp3) is 0. The van der Waals surface area contributed by atoms with Gasteiger partial charge in [-0.3, -0.25) is 0 Å². The molecule has 1 aromatic heterocycles. The Morgan fingerprint density at radius 2 is 2.00 bits per heavy atom. The standard InChI is InChI=1S/C9H7ClN2/c10-7-2-3-8-6(5-7)1-4-9(11)12-8/h1-5H,(H2,11,12). The monoisotopic (exact) mass is 178 g/mol. The molecule has 3 heteroatoms. The van der Waals surface area contributed by atoms with Crippen molar-refractivity contribution in [1.29, 1.82) is 0 Å². The van der Waals surface area contributed by atoms with Gasteiger partial charge in [0, 0.05) is 10.4 Å². The lowest BCUT2D eigenvalue weighted by atomic mass is 10.2. The Labute approximate surface area is 75.0 Å². The third-order valence-corrected chi connectivity index (χ3v) is 1.91. The summed E-state index contributed by atoms with van der Waals surface area (Å²) in [6.07, 6.45) is 0. The first-order valence-electron chi connectivity index (χ1n) is 3.57. The van der Waals surface area contributed by atoms with Crippen LogP contribution in [-0.4, -0.2) is 4.98 Å². The zero-order chi connectivity index (χ0) is 8.55. The average Bonchev–Trinajstić information content (AvgIpc) is 2.05. The summed E-state index contributed by atoms with van der Waals surface area (Å²) in [6, 6.07) is 9.19. The van der Waals surface area contributed by atoms with Crippen LogP contribution in [0, 0.1) is 0 Å². The van der Waals surface area contributed by atoms with Gasteiger partial charge in [0.25, 0.3) is 0 Å². The Morgan fingerprint density at radius 3 is 2.83 bits per heavy atom. The smallest absolute Gasteiger partial charge is 0.124 e. The Balaban J connectivity index is 2.79. The number of fused-ring (bicyclic) bond motifs is 1. The van der Waals surface area contributed by atoms with Crippen LogP contribution in [-0.2, 0) is 0 Å². The summed E-state index contributed by atoms with van der Waals surface area (Å²) in [4.78, 5) is 4.14. The quantitative estimate of drug-likeness (QED) is 0.673. The van der Waals surface area contributed by atoms with Gasteiger partial charge in [-0.05, 0) is 30.3 Å². The van der Waals surface area contributed by atoms with Gasteiger partial charge in [-0.15, -0.1) is 0 Å². The highest BCUT2D eigenvalue weighted by Crippen LogP contribution is 2.18. The molecule has 0 saturated carbocycles. The van der Waals surface area contributed by atoms with Crippen molar-refractivity contribution in [3.8, 4) is 0 Å². The van der Waals surface area contributed by atoms with Gasteiger partial charge in [-0.25, -0.2) is 4.98 Å². The van der Waals surface area contributed by atoms with E-state index in [0.29, 0.717) is 10.8 Å². The van der Waals surface area contributed by atoms with Crippen molar-refractivity contribution in [2.45, 2.75) is 0 Å². The molecule has 2 nitrogen and oxygen atoms in total. The number of benzene rings is 1. The number of nitrogen functional groups attached to an aromatic ring is 1. The first kappa shape index (κ1) is 7.37. The molecule has 1 aromatic carbocycles. The van der Waals surface area contributed by atoms with E-state index in [0.717, 1.165) is 10.9 Å². The molecule has 0 aliphatic rings. The second-order valence-electron chi connectivity index (χ2n) is 2.57. The highest BCUT2D eigenvalue weighted by Gasteiger charge is 1.95. The Kier molecular flexibility index (Phi) is 1.62. The summed E-state index contributed by atoms with van der Waals surface area (Å²) in [5, 5.41) is 1.73. The van der Waals surface area contributed by atoms with Crippen LogP contribution < -0.4 is 5.73 Å². The zero-order valence-corrected chi connectivity index (χ0v) is 7.05. The molecule has 2 aromatic rings. The number of halogens is 1. The minimum absolute atomic E-state index is 0.532. The number of nitrogens with two attached hydrogens (primary N) is 1. The van der Waals surface area contributed by atoms with E-state index in [2.05, 4.69) is 4.98 Å². The Morgan fingerprint density at radius 1 is 1.17 bits per heavy atom. The number of anilines is 1. The molecule has 1 heterocycles. The van der Waals surface area contributed by atoms with E-state index in [1.54, 1.807) is 12.1 Å². The maximum absolute atomic E-state index is 5.80. The molecule has 60 valence electrons.